The van der Waals surface area contributed by atoms with Gasteiger partial charge < -0.3 is 19.9 Å². The number of alkyl halides is 3. The molecule has 0 unspecified atom stereocenters. The first kappa shape index (κ1) is 20.7. The van der Waals surface area contributed by atoms with Crippen molar-refractivity contribution in [1.29, 1.82) is 0 Å². The summed E-state index contributed by atoms with van der Waals surface area (Å²) in [5.41, 5.74) is -0.891. The third kappa shape index (κ3) is 4.68. The summed E-state index contributed by atoms with van der Waals surface area (Å²) >= 11 is 5.34. The van der Waals surface area contributed by atoms with Crippen molar-refractivity contribution in [3.05, 3.63) is 29.8 Å². The van der Waals surface area contributed by atoms with Gasteiger partial charge in [-0.25, -0.2) is 4.79 Å². The van der Waals surface area contributed by atoms with Crippen LogP contribution in [0.15, 0.2) is 24.3 Å². The van der Waals surface area contributed by atoms with Crippen molar-refractivity contribution in [3.8, 4) is 0 Å². The second-order valence-electron chi connectivity index (χ2n) is 8.04. The predicted octanol–water partition coefficient (Wildman–Crippen LogP) is 4.35. The fourth-order valence-corrected chi connectivity index (χ4v) is 3.90. The molecule has 2 fully saturated rings. The zero-order valence-corrected chi connectivity index (χ0v) is 16.7. The lowest BCUT2D eigenvalue weighted by Gasteiger charge is -2.44. The molecule has 154 valence electrons. The van der Waals surface area contributed by atoms with Crippen LogP contribution in [-0.4, -0.2) is 53.3 Å². The number of piperidine rings is 1. The van der Waals surface area contributed by atoms with Gasteiger partial charge in [0.1, 0.15) is 0 Å². The number of nitrogens with zero attached hydrogens (tertiary/aromatic N) is 2. The molecule has 5 nitrogen and oxygen atoms in total. The highest BCUT2D eigenvalue weighted by molar-refractivity contribution is 7.80. The number of ether oxygens (including phenoxy) is 1. The van der Waals surface area contributed by atoms with Crippen molar-refractivity contribution in [1.82, 2.24) is 9.80 Å². The van der Waals surface area contributed by atoms with Crippen LogP contribution in [0, 0.1) is 5.41 Å². The van der Waals surface area contributed by atoms with E-state index in [1.54, 1.807) is 4.90 Å². The number of carbonyl (C=O) groups excluding carboxylic acids is 1. The van der Waals surface area contributed by atoms with E-state index in [0.29, 0.717) is 39.1 Å². The maximum atomic E-state index is 13.2. The number of thiocarbonyl (C=S) groups is 1. The summed E-state index contributed by atoms with van der Waals surface area (Å²) in [6, 6.07) is 5.33. The minimum atomic E-state index is -4.45. The van der Waals surface area contributed by atoms with E-state index >= 15 is 0 Å². The normalized spacial score (nSPS) is 20.7. The fraction of sp³-hybridized carbons (Fsp3) is 0.579. The quantitative estimate of drug-likeness (QED) is 0.728. The summed E-state index contributed by atoms with van der Waals surface area (Å²) < 4.78 is 44.7. The number of anilines is 1. The Labute approximate surface area is 167 Å². The largest absolute Gasteiger partial charge is 0.449 e. The summed E-state index contributed by atoms with van der Waals surface area (Å²) in [6.07, 6.45) is -3.37. The first-order chi connectivity index (χ1) is 13.1. The van der Waals surface area contributed by atoms with Gasteiger partial charge in [0.2, 0.25) is 0 Å². The van der Waals surface area contributed by atoms with Gasteiger partial charge in [-0.05, 0) is 37.2 Å². The zero-order chi connectivity index (χ0) is 20.5. The number of hydrogen-bond acceptors (Lipinski definition) is 3. The van der Waals surface area contributed by atoms with Gasteiger partial charge in [0, 0.05) is 31.1 Å². The minimum absolute atomic E-state index is 0.0496. The van der Waals surface area contributed by atoms with Crippen LogP contribution in [0.3, 0.4) is 0 Å². The van der Waals surface area contributed by atoms with Gasteiger partial charge in [0.15, 0.2) is 5.11 Å². The minimum Gasteiger partial charge on any atom is -0.449 e. The highest BCUT2D eigenvalue weighted by Gasteiger charge is 2.38. The Morgan fingerprint density at radius 1 is 1.25 bits per heavy atom. The smallest absolute Gasteiger partial charge is 0.418 e. The number of hydrogen-bond donors (Lipinski definition) is 1. The molecule has 9 heteroatoms. The third-order valence-corrected chi connectivity index (χ3v) is 5.45. The monoisotopic (exact) mass is 415 g/mol. The van der Waals surface area contributed by atoms with E-state index < -0.39 is 11.7 Å². The Morgan fingerprint density at radius 2 is 1.89 bits per heavy atom. The third-order valence-electron chi connectivity index (χ3n) is 5.09. The number of carbonyl (C=O) groups is 1. The number of para-hydroxylation sites is 1. The van der Waals surface area contributed by atoms with Crippen LogP contribution in [0.25, 0.3) is 0 Å². The molecule has 2 aliphatic rings. The van der Waals surface area contributed by atoms with Gasteiger partial charge in [-0.1, -0.05) is 26.0 Å². The van der Waals surface area contributed by atoms with Crippen LogP contribution in [-0.2, 0) is 10.9 Å². The predicted molar refractivity (Wildman–Crippen MR) is 104 cm³/mol. The van der Waals surface area contributed by atoms with Gasteiger partial charge in [-0.2, -0.15) is 13.2 Å². The number of rotatable bonds is 2. The van der Waals surface area contributed by atoms with Crippen LogP contribution in [0.5, 0.6) is 0 Å². The molecule has 2 aliphatic heterocycles. The Bertz CT molecular complexity index is 746. The van der Waals surface area contributed by atoms with Crippen molar-refractivity contribution in [3.63, 3.8) is 0 Å². The van der Waals surface area contributed by atoms with Gasteiger partial charge in [-0.15, -0.1) is 0 Å². The molecule has 0 saturated carbocycles. The molecular weight excluding hydrogens is 391 g/mol. The molecular formula is C19H24F3N3O2S. The average molecular weight is 415 g/mol. The van der Waals surface area contributed by atoms with Crippen LogP contribution in [0.4, 0.5) is 23.7 Å². The van der Waals surface area contributed by atoms with E-state index in [1.165, 1.54) is 18.2 Å². The lowest BCUT2D eigenvalue weighted by molar-refractivity contribution is -0.136. The molecule has 28 heavy (non-hydrogen) atoms. The molecule has 0 aromatic heterocycles. The topological polar surface area (TPSA) is 44.8 Å². The van der Waals surface area contributed by atoms with Crippen molar-refractivity contribution in [2.75, 3.05) is 31.6 Å². The molecule has 1 aromatic carbocycles. The van der Waals surface area contributed by atoms with Crippen LogP contribution in [0.2, 0.25) is 0 Å². The SMILES string of the molecule is CC1(C)COC(=O)N(C2CCN(C(=S)Nc3ccccc3C(F)(F)F)CC2)C1. The highest BCUT2D eigenvalue weighted by atomic mass is 32.1. The summed E-state index contributed by atoms with van der Waals surface area (Å²) in [4.78, 5) is 15.7. The molecule has 1 aromatic rings. The second-order valence-corrected chi connectivity index (χ2v) is 8.43. The maximum absolute atomic E-state index is 13.2. The number of amides is 1. The number of benzene rings is 1. The fourth-order valence-electron chi connectivity index (χ4n) is 3.60. The first-order valence-electron chi connectivity index (χ1n) is 9.22. The van der Waals surface area contributed by atoms with Crippen molar-refractivity contribution >= 4 is 29.1 Å². The molecule has 0 aliphatic carbocycles. The standard InChI is InChI=1S/C19H24F3N3O2S/c1-18(2)11-25(17(26)27-12-18)13-7-9-24(10-8-13)16(28)23-15-6-4-3-5-14(15)19(20,21)22/h3-6,13H,7-12H2,1-2H3,(H,23,28). The average Bonchev–Trinajstić information content (AvgIpc) is 2.63. The molecule has 1 amide bonds. The van der Waals surface area contributed by atoms with E-state index in [-0.39, 0.29) is 28.3 Å². The molecule has 3 rings (SSSR count). The molecule has 0 radical (unpaired) electrons. The van der Waals surface area contributed by atoms with Crippen LogP contribution >= 0.6 is 12.2 Å². The van der Waals surface area contributed by atoms with Crippen molar-refractivity contribution < 1.29 is 22.7 Å². The van der Waals surface area contributed by atoms with Gasteiger partial charge >= 0.3 is 12.3 Å². The molecule has 1 N–H and O–H groups in total. The first-order valence-corrected chi connectivity index (χ1v) is 9.63. The Balaban J connectivity index is 1.60. The van der Waals surface area contributed by atoms with Crippen LogP contribution < -0.4 is 5.32 Å². The lowest BCUT2D eigenvalue weighted by Crippen LogP contribution is -2.55. The zero-order valence-electron chi connectivity index (χ0n) is 15.9. The van der Waals surface area contributed by atoms with E-state index in [4.69, 9.17) is 17.0 Å². The molecule has 2 saturated heterocycles. The second kappa shape index (κ2) is 7.77. The summed E-state index contributed by atoms with van der Waals surface area (Å²) in [6.45, 7) is 6.28. The van der Waals surface area contributed by atoms with Gasteiger partial charge in [0.05, 0.1) is 17.9 Å². The maximum Gasteiger partial charge on any atom is 0.418 e. The lowest BCUT2D eigenvalue weighted by atomic mass is 9.91. The van der Waals surface area contributed by atoms with Gasteiger partial charge in [0.25, 0.3) is 0 Å². The Morgan fingerprint density at radius 3 is 2.54 bits per heavy atom. The van der Waals surface area contributed by atoms with Crippen molar-refractivity contribution in [2.45, 2.75) is 38.9 Å². The van der Waals surface area contributed by atoms with E-state index in [9.17, 15) is 18.0 Å². The Kier molecular flexibility index (Phi) is 5.74. The van der Waals surface area contributed by atoms with Gasteiger partial charge in [-0.3, -0.25) is 0 Å². The highest BCUT2D eigenvalue weighted by Crippen LogP contribution is 2.35. The van der Waals surface area contributed by atoms with E-state index in [1.807, 2.05) is 4.90 Å². The summed E-state index contributed by atoms with van der Waals surface area (Å²) in [7, 11) is 0. The number of likely N-dealkylation sites (tertiary alicyclic amines) is 1. The molecule has 0 bridgehead atoms. The number of nitrogens with one attached hydrogen (secondary N) is 1. The van der Waals surface area contributed by atoms with Crippen molar-refractivity contribution in [2.24, 2.45) is 5.41 Å². The van der Waals surface area contributed by atoms with E-state index in [0.717, 1.165) is 6.07 Å². The Hall–Kier alpha value is -2.03. The molecule has 0 spiro atoms. The summed E-state index contributed by atoms with van der Waals surface area (Å²) in [5.74, 6) is 0. The summed E-state index contributed by atoms with van der Waals surface area (Å²) in [5, 5.41) is 3.00. The molecule has 2 heterocycles. The number of cyclic esters (lactones) is 1. The van der Waals surface area contributed by atoms with E-state index in [2.05, 4.69) is 19.2 Å². The molecule has 0 atom stereocenters. The number of halogens is 3. The van der Waals surface area contributed by atoms with Crippen LogP contribution in [0.1, 0.15) is 32.3 Å².